The number of hydrogen-bond donors (Lipinski definition) is 2. The number of nitrogens with two attached hydrogens (primary N) is 1. The second-order valence-electron chi connectivity index (χ2n) is 1.31. The summed E-state index contributed by atoms with van der Waals surface area (Å²) in [6, 6.07) is 0. The van der Waals surface area contributed by atoms with E-state index in [0.29, 0.717) is 5.70 Å². The zero-order chi connectivity index (χ0) is 5.86. The van der Waals surface area contributed by atoms with Crippen LogP contribution in [-0.4, -0.2) is 11.2 Å². The van der Waals surface area contributed by atoms with Crippen molar-refractivity contribution in [3.63, 3.8) is 0 Å². The van der Waals surface area contributed by atoms with Gasteiger partial charge in [0.05, 0.1) is 11.8 Å². The number of rotatable bonds is 1. The van der Waals surface area contributed by atoms with E-state index < -0.39 is 6.10 Å². The van der Waals surface area contributed by atoms with Crippen molar-refractivity contribution in [1.82, 2.24) is 0 Å². The predicted octanol–water partition coefficient (Wildman–Crippen LogP) is -0.00530. The molecule has 0 aromatic heterocycles. The van der Waals surface area contributed by atoms with Gasteiger partial charge in [0.15, 0.2) is 0 Å². The van der Waals surface area contributed by atoms with E-state index >= 15 is 0 Å². The van der Waals surface area contributed by atoms with Crippen molar-refractivity contribution in [1.29, 1.82) is 0 Å². The third kappa shape index (κ3) is 2.04. The van der Waals surface area contributed by atoms with Gasteiger partial charge in [0, 0.05) is 0 Å². The van der Waals surface area contributed by atoms with Gasteiger partial charge in [0.2, 0.25) is 0 Å². The van der Waals surface area contributed by atoms with Crippen molar-refractivity contribution in [3.05, 3.63) is 18.0 Å². The van der Waals surface area contributed by atoms with Crippen LogP contribution < -0.4 is 5.73 Å². The smallest absolute Gasteiger partial charge is 0.0979 e. The first-order chi connectivity index (χ1) is 3.18. The Morgan fingerprint density at radius 3 is 2.43 bits per heavy atom. The van der Waals surface area contributed by atoms with Gasteiger partial charge < -0.3 is 10.8 Å². The molecule has 3 N–H and O–H groups in total. The summed E-state index contributed by atoms with van der Waals surface area (Å²) in [6.07, 6.45) is -0.613. The highest BCUT2D eigenvalue weighted by Crippen LogP contribution is 1.86. The normalized spacial score (nSPS) is 12.3. The molecule has 0 aliphatic carbocycles. The molecule has 1 unspecified atom stereocenters. The molecule has 0 aromatic carbocycles. The maximum absolute atomic E-state index is 8.56. The van der Waals surface area contributed by atoms with E-state index in [4.69, 9.17) is 10.8 Å². The van der Waals surface area contributed by atoms with Gasteiger partial charge >= 0.3 is 0 Å². The van der Waals surface area contributed by atoms with Gasteiger partial charge in [-0.05, 0) is 6.92 Å². The van der Waals surface area contributed by atoms with Crippen molar-refractivity contribution in [2.24, 2.45) is 5.73 Å². The van der Waals surface area contributed by atoms with Crippen LogP contribution in [0.5, 0.6) is 0 Å². The molecule has 0 saturated carbocycles. The van der Waals surface area contributed by atoms with Crippen LogP contribution in [0, 0.1) is 0 Å². The Morgan fingerprint density at radius 2 is 2.43 bits per heavy atom. The number of aliphatic hydroxyl groups excluding tert-OH is 1. The lowest BCUT2D eigenvalue weighted by Gasteiger charge is -1.96. The fourth-order valence-corrected chi connectivity index (χ4v) is 0.148. The van der Waals surface area contributed by atoms with Crippen molar-refractivity contribution < 1.29 is 5.11 Å². The van der Waals surface area contributed by atoms with Crippen LogP contribution in [0.1, 0.15) is 6.92 Å². The Labute approximate surface area is 43.0 Å². The van der Waals surface area contributed by atoms with Gasteiger partial charge in [-0.15, -0.1) is 5.73 Å². The number of hydrogen-bond acceptors (Lipinski definition) is 2. The van der Waals surface area contributed by atoms with E-state index in [2.05, 4.69) is 12.3 Å². The van der Waals surface area contributed by atoms with Crippen LogP contribution in [0.15, 0.2) is 18.0 Å². The Balaban J connectivity index is 3.81. The van der Waals surface area contributed by atoms with Crippen LogP contribution >= 0.6 is 0 Å². The standard InChI is InChI=1S/C5H9NO/c1-3-5(6)4(2)7/h4,7H,1,6H2,2H3. The molecule has 0 fully saturated rings. The van der Waals surface area contributed by atoms with Gasteiger partial charge in [0.1, 0.15) is 0 Å². The van der Waals surface area contributed by atoms with Crippen molar-refractivity contribution in [2.45, 2.75) is 13.0 Å². The van der Waals surface area contributed by atoms with Crippen LogP contribution in [-0.2, 0) is 0 Å². The van der Waals surface area contributed by atoms with Gasteiger partial charge in [-0.25, -0.2) is 0 Å². The molecule has 2 heteroatoms. The largest absolute Gasteiger partial charge is 0.394 e. The lowest BCUT2D eigenvalue weighted by Crippen LogP contribution is -2.11. The molecule has 0 heterocycles. The van der Waals surface area contributed by atoms with E-state index in [0.717, 1.165) is 0 Å². The highest BCUT2D eigenvalue weighted by atomic mass is 16.3. The summed E-state index contributed by atoms with van der Waals surface area (Å²) in [7, 11) is 0. The molecular formula is C5H9NO. The summed E-state index contributed by atoms with van der Waals surface area (Å²) in [5.74, 6) is 0. The Morgan fingerprint density at radius 1 is 2.00 bits per heavy atom. The lowest BCUT2D eigenvalue weighted by molar-refractivity contribution is 0.230. The second kappa shape index (κ2) is 2.45. The average Bonchev–Trinajstić information content (AvgIpc) is 1.65. The molecule has 0 rings (SSSR count). The minimum atomic E-state index is -0.613. The Hall–Kier alpha value is -0.720. The lowest BCUT2D eigenvalue weighted by atomic mass is 10.3. The summed E-state index contributed by atoms with van der Waals surface area (Å²) in [5.41, 5.74) is 7.76. The van der Waals surface area contributed by atoms with Gasteiger partial charge in [-0.3, -0.25) is 0 Å². The monoisotopic (exact) mass is 99.1 g/mol. The minimum Gasteiger partial charge on any atom is -0.394 e. The molecule has 7 heavy (non-hydrogen) atoms. The third-order valence-electron chi connectivity index (χ3n) is 0.654. The topological polar surface area (TPSA) is 46.2 Å². The molecule has 0 amide bonds. The second-order valence-corrected chi connectivity index (χ2v) is 1.31. The maximum Gasteiger partial charge on any atom is 0.0979 e. The molecule has 0 saturated heterocycles. The van der Waals surface area contributed by atoms with E-state index in [1.54, 1.807) is 6.92 Å². The van der Waals surface area contributed by atoms with E-state index in [-0.39, 0.29) is 0 Å². The van der Waals surface area contributed by atoms with Gasteiger partial charge in [-0.1, -0.05) is 6.58 Å². The van der Waals surface area contributed by atoms with Crippen LogP contribution in [0.4, 0.5) is 0 Å². The van der Waals surface area contributed by atoms with Gasteiger partial charge in [-0.2, -0.15) is 0 Å². The van der Waals surface area contributed by atoms with Crippen LogP contribution in [0.2, 0.25) is 0 Å². The van der Waals surface area contributed by atoms with Crippen molar-refractivity contribution in [3.8, 4) is 0 Å². The van der Waals surface area contributed by atoms with E-state index in [9.17, 15) is 0 Å². The first-order valence-corrected chi connectivity index (χ1v) is 2.02. The highest BCUT2D eigenvalue weighted by Gasteiger charge is 1.93. The molecular weight excluding hydrogens is 90.1 g/mol. The molecule has 40 valence electrons. The fraction of sp³-hybridized carbons (Fsp3) is 0.400. The molecule has 0 spiro atoms. The molecule has 2 nitrogen and oxygen atoms in total. The molecule has 0 aliphatic heterocycles. The SMILES string of the molecule is C=C=C(N)C(C)O. The maximum atomic E-state index is 8.56. The summed E-state index contributed by atoms with van der Waals surface area (Å²) >= 11 is 0. The van der Waals surface area contributed by atoms with E-state index in [1.165, 1.54) is 0 Å². The van der Waals surface area contributed by atoms with Crippen LogP contribution in [0.25, 0.3) is 0 Å². The van der Waals surface area contributed by atoms with Gasteiger partial charge in [0.25, 0.3) is 0 Å². The highest BCUT2D eigenvalue weighted by molar-refractivity contribution is 4.97. The minimum absolute atomic E-state index is 0.292. The predicted molar refractivity (Wildman–Crippen MR) is 28.5 cm³/mol. The molecule has 0 aromatic rings. The fourth-order valence-electron chi connectivity index (χ4n) is 0.148. The van der Waals surface area contributed by atoms with E-state index in [1.807, 2.05) is 0 Å². The molecule has 0 radical (unpaired) electrons. The van der Waals surface area contributed by atoms with Crippen molar-refractivity contribution >= 4 is 0 Å². The Kier molecular flexibility index (Phi) is 2.20. The number of aliphatic hydroxyl groups is 1. The zero-order valence-corrected chi connectivity index (χ0v) is 4.31. The quantitative estimate of drug-likeness (QED) is 0.454. The average molecular weight is 99.1 g/mol. The van der Waals surface area contributed by atoms with Crippen molar-refractivity contribution in [2.75, 3.05) is 0 Å². The summed E-state index contributed by atoms with van der Waals surface area (Å²) in [5, 5.41) is 8.56. The molecule has 0 bridgehead atoms. The summed E-state index contributed by atoms with van der Waals surface area (Å²) in [6.45, 7) is 4.80. The molecule has 1 atom stereocenters. The summed E-state index contributed by atoms with van der Waals surface area (Å²) < 4.78 is 0. The zero-order valence-electron chi connectivity index (χ0n) is 4.31. The molecule has 0 aliphatic rings. The Bertz CT molecular complexity index is 101. The van der Waals surface area contributed by atoms with Crippen LogP contribution in [0.3, 0.4) is 0 Å². The third-order valence-corrected chi connectivity index (χ3v) is 0.654. The summed E-state index contributed by atoms with van der Waals surface area (Å²) in [4.78, 5) is 0. The first-order valence-electron chi connectivity index (χ1n) is 2.02. The first kappa shape index (κ1) is 6.28.